The molecule has 0 saturated carbocycles. The van der Waals surface area contributed by atoms with Gasteiger partial charge in [0.15, 0.2) is 11.3 Å². The lowest BCUT2D eigenvalue weighted by Crippen LogP contribution is -2.30. The molecule has 2 aliphatic heterocycles. The van der Waals surface area contributed by atoms with Gasteiger partial charge in [0.1, 0.15) is 0 Å². The van der Waals surface area contributed by atoms with Gasteiger partial charge in [0.2, 0.25) is 0 Å². The van der Waals surface area contributed by atoms with Crippen LogP contribution in [0.4, 0.5) is 11.4 Å². The van der Waals surface area contributed by atoms with Crippen LogP contribution in [-0.4, -0.2) is 96.8 Å². The van der Waals surface area contributed by atoms with E-state index in [1.165, 1.54) is 11.6 Å². The maximum absolute atomic E-state index is 13.5. The van der Waals surface area contributed by atoms with E-state index in [-0.39, 0.29) is 41.9 Å². The molecular formula is C66H80Br2N12O7. The number of hydrogen-bond donors (Lipinski definition) is 7. The molecule has 4 aromatic carbocycles. The number of halogens is 2. The smallest absolute Gasteiger partial charge is 0.335 e. The summed E-state index contributed by atoms with van der Waals surface area (Å²) < 4.78 is 17.0. The van der Waals surface area contributed by atoms with Crippen molar-refractivity contribution in [2.75, 3.05) is 37.1 Å². The van der Waals surface area contributed by atoms with Crippen LogP contribution in [0.5, 0.6) is 0 Å². The van der Waals surface area contributed by atoms with Gasteiger partial charge in [0.25, 0.3) is 17.7 Å². The summed E-state index contributed by atoms with van der Waals surface area (Å²) in [6.45, 7) is 21.8. The van der Waals surface area contributed by atoms with Crippen LogP contribution in [0.25, 0.3) is 22.1 Å². The fourth-order valence-electron chi connectivity index (χ4n) is 10.6. The van der Waals surface area contributed by atoms with Crippen LogP contribution in [0, 0.1) is 27.7 Å². The van der Waals surface area contributed by atoms with Crippen LogP contribution in [0.1, 0.15) is 151 Å². The molecule has 0 atom stereocenters. The molecule has 460 valence electrons. The van der Waals surface area contributed by atoms with Gasteiger partial charge >= 0.3 is 5.97 Å². The number of benzene rings is 4. The zero-order valence-corrected chi connectivity index (χ0v) is 54.1. The minimum atomic E-state index is -1.06. The number of nitrogens with one attached hydrogen (secondary N) is 5. The molecule has 21 heteroatoms. The highest BCUT2D eigenvalue weighted by Gasteiger charge is 2.25. The summed E-state index contributed by atoms with van der Waals surface area (Å²) in [5, 5.41) is 36.8. The van der Waals surface area contributed by atoms with Gasteiger partial charge in [-0.1, -0.05) is 70.0 Å². The van der Waals surface area contributed by atoms with Gasteiger partial charge in [-0.15, -0.1) is 0 Å². The standard InChI is InChI=1S/C33H39BrN6O3.C25H31N5O4.C8H10BrN/c1-5-29-26(30(38-25-9-11-43-12-10-25)27-19-37-40(6-2)31(27)39-29)18-36-33(42)24-14-20(3)13-23(16-24)32(41)35-17-22-8-7-21(4)28(34)15-22;1-4-21-19(13-26-24(31)16-10-15(3)11-17(12-16)25(32)33)22(28-18-6-8-34-9-7-18)20-14-27-30(5-2)23(20)29-21;1-6-2-3-7(5-10)4-8(6)9/h7-8,13-16,19,25H,5-6,9-12,17-18H2,1-4H3,(H,35,41)(H,36,42)(H,38,39);10-12,14,18H,4-9,13H2,1-3H3,(H,26,31)(H,28,29)(H,32,33);2-4H,5,10H2,1H3. The SMILES string of the molecule is CCc1nc2c(cnn2CC)c(NC2CCOCC2)c1CNC(=O)c1cc(C)cc(C(=O)NCc2ccc(C)c(Br)c2)c1.CCc1nc2c(cnn2CC)c(NC2CCOCC2)c1CNC(=O)c1cc(C)cc(C(=O)O)c1.Cc1ccc(CN)cc1Br. The molecular weight excluding hydrogens is 1230 g/mol. The van der Waals surface area contributed by atoms with E-state index in [2.05, 4.69) is 102 Å². The van der Waals surface area contributed by atoms with Crippen LogP contribution >= 0.6 is 31.9 Å². The normalized spacial score (nSPS) is 13.5. The van der Waals surface area contributed by atoms with Crippen LogP contribution < -0.4 is 32.3 Å². The van der Waals surface area contributed by atoms with Crippen molar-refractivity contribution in [2.45, 2.75) is 145 Å². The van der Waals surface area contributed by atoms with Gasteiger partial charge in [-0.05, 0) is 162 Å². The van der Waals surface area contributed by atoms with Crippen molar-refractivity contribution >= 4 is 89.0 Å². The Bertz CT molecular complexity index is 3760. The zero-order valence-electron chi connectivity index (χ0n) is 51.0. The molecule has 2 aliphatic rings. The third-order valence-corrected chi connectivity index (χ3v) is 17.3. The van der Waals surface area contributed by atoms with Crippen molar-refractivity contribution in [3.63, 3.8) is 0 Å². The highest BCUT2D eigenvalue weighted by Crippen LogP contribution is 2.33. The van der Waals surface area contributed by atoms with E-state index in [4.69, 9.17) is 25.2 Å². The fourth-order valence-corrected chi connectivity index (χ4v) is 11.5. The predicted octanol–water partition coefficient (Wildman–Crippen LogP) is 11.6. The third-order valence-electron chi connectivity index (χ3n) is 15.6. The number of pyridine rings is 2. The van der Waals surface area contributed by atoms with E-state index in [1.54, 1.807) is 37.3 Å². The lowest BCUT2D eigenvalue weighted by atomic mass is 10.0. The molecule has 10 rings (SSSR count). The Hall–Kier alpha value is -7.56. The van der Waals surface area contributed by atoms with Crippen molar-refractivity contribution < 1.29 is 33.8 Å². The monoisotopic (exact) mass is 1310 g/mol. The molecule has 8 aromatic rings. The van der Waals surface area contributed by atoms with Gasteiger partial charge in [0.05, 0.1) is 40.1 Å². The zero-order chi connectivity index (χ0) is 62.3. The van der Waals surface area contributed by atoms with Crippen molar-refractivity contribution in [1.82, 2.24) is 45.5 Å². The Balaban J connectivity index is 0.000000198. The predicted molar refractivity (Wildman–Crippen MR) is 349 cm³/mol. The number of aromatic carboxylic acids is 1. The first-order valence-corrected chi connectivity index (χ1v) is 31.4. The molecule has 0 spiro atoms. The maximum Gasteiger partial charge on any atom is 0.335 e. The number of carbonyl (C=O) groups excluding carboxylic acids is 3. The van der Waals surface area contributed by atoms with Gasteiger partial charge < -0.3 is 46.9 Å². The van der Waals surface area contributed by atoms with Crippen LogP contribution in [-0.2, 0) is 61.6 Å². The van der Waals surface area contributed by atoms with Crippen LogP contribution in [0.3, 0.4) is 0 Å². The Kier molecular flexibility index (Phi) is 23.2. The number of hydrogen-bond acceptors (Lipinski definition) is 13. The van der Waals surface area contributed by atoms with Crippen molar-refractivity contribution in [1.29, 1.82) is 0 Å². The van der Waals surface area contributed by atoms with E-state index >= 15 is 0 Å². The molecule has 6 heterocycles. The molecule has 87 heavy (non-hydrogen) atoms. The fraction of sp³-hybridized carbons (Fsp3) is 0.394. The number of nitrogens with two attached hydrogens (primary N) is 1. The number of carboxylic acid groups (broad SMARTS) is 1. The van der Waals surface area contributed by atoms with E-state index in [0.717, 1.165) is 138 Å². The van der Waals surface area contributed by atoms with Crippen molar-refractivity contribution in [2.24, 2.45) is 5.73 Å². The van der Waals surface area contributed by atoms with Crippen LogP contribution in [0.15, 0.2) is 94.1 Å². The molecule has 0 unspecified atom stereocenters. The number of rotatable bonds is 19. The second-order valence-electron chi connectivity index (χ2n) is 21.9. The Morgan fingerprint density at radius 2 is 0.954 bits per heavy atom. The highest BCUT2D eigenvalue weighted by atomic mass is 79.9. The Morgan fingerprint density at radius 3 is 1.34 bits per heavy atom. The number of aryl methyl sites for hydroxylation is 8. The highest BCUT2D eigenvalue weighted by molar-refractivity contribution is 9.10. The van der Waals surface area contributed by atoms with Gasteiger partial charge in [-0.2, -0.15) is 10.2 Å². The second kappa shape index (κ2) is 30.9. The summed E-state index contributed by atoms with van der Waals surface area (Å²) in [7, 11) is 0. The molecule has 0 bridgehead atoms. The average Bonchev–Trinajstić information content (AvgIpc) is 1.82. The lowest BCUT2D eigenvalue weighted by Gasteiger charge is -2.26. The number of anilines is 2. The first-order valence-electron chi connectivity index (χ1n) is 29.9. The first-order chi connectivity index (χ1) is 41.9. The summed E-state index contributed by atoms with van der Waals surface area (Å²) in [6, 6.07) is 22.6. The molecule has 8 N–H and O–H groups in total. The van der Waals surface area contributed by atoms with Gasteiger partial charge in [-0.3, -0.25) is 14.4 Å². The minimum absolute atomic E-state index is 0.0938. The maximum atomic E-state index is 13.5. The number of ether oxygens (including phenoxy) is 2. The van der Waals surface area contributed by atoms with Crippen molar-refractivity contribution in [3.05, 3.63) is 172 Å². The molecule has 4 aromatic heterocycles. The van der Waals surface area contributed by atoms with Crippen LogP contribution in [0.2, 0.25) is 0 Å². The number of carbonyl (C=O) groups is 4. The van der Waals surface area contributed by atoms with E-state index < -0.39 is 5.97 Å². The number of nitrogens with zero attached hydrogens (tertiary/aromatic N) is 6. The molecule has 2 saturated heterocycles. The summed E-state index contributed by atoms with van der Waals surface area (Å²) >= 11 is 6.98. The number of carboxylic acids is 1. The third kappa shape index (κ3) is 16.7. The Morgan fingerprint density at radius 1 is 0.563 bits per heavy atom. The molecule has 0 radical (unpaired) electrons. The van der Waals surface area contributed by atoms with E-state index in [9.17, 15) is 24.3 Å². The first kappa shape index (κ1) is 65.4. The van der Waals surface area contributed by atoms with E-state index in [1.807, 2.05) is 73.7 Å². The lowest BCUT2D eigenvalue weighted by molar-refractivity contribution is 0.0696. The second-order valence-corrected chi connectivity index (χ2v) is 23.6. The Labute approximate surface area is 525 Å². The largest absolute Gasteiger partial charge is 0.478 e. The number of amides is 3. The topological polar surface area (TPSA) is 255 Å². The van der Waals surface area contributed by atoms with Gasteiger partial charge in [0, 0.05) is 126 Å². The van der Waals surface area contributed by atoms with Gasteiger partial charge in [-0.25, -0.2) is 24.1 Å². The average molecular weight is 1310 g/mol. The molecule has 3 amide bonds. The quantitative estimate of drug-likeness (QED) is 0.0398. The summed E-state index contributed by atoms with van der Waals surface area (Å²) in [5.41, 5.74) is 20.1. The van der Waals surface area contributed by atoms with E-state index in [0.29, 0.717) is 68.9 Å². The number of fused-ring (bicyclic) bond motifs is 2. The summed E-state index contributed by atoms with van der Waals surface area (Å²) in [5.74, 6) is -1.86. The van der Waals surface area contributed by atoms with Crippen molar-refractivity contribution in [3.8, 4) is 0 Å². The number of aromatic nitrogens is 6. The summed E-state index contributed by atoms with van der Waals surface area (Å²) in [4.78, 5) is 60.8. The summed E-state index contributed by atoms with van der Waals surface area (Å²) in [6.07, 6.45) is 8.73. The molecule has 0 aliphatic carbocycles. The molecule has 2 fully saturated rings. The minimum Gasteiger partial charge on any atom is -0.478 e. The molecule has 19 nitrogen and oxygen atoms in total.